The van der Waals surface area contributed by atoms with Gasteiger partial charge in [-0.2, -0.15) is 0 Å². The predicted octanol–water partition coefficient (Wildman–Crippen LogP) is 0.222. The fraction of sp³-hybridized carbons (Fsp3) is 0.700. The molecule has 0 atom stereocenters. The van der Waals surface area contributed by atoms with E-state index in [0.717, 1.165) is 25.5 Å². The van der Waals surface area contributed by atoms with Crippen LogP contribution in [0.2, 0.25) is 0 Å². The number of hydrogen-bond acceptors (Lipinski definition) is 4. The van der Waals surface area contributed by atoms with Crippen molar-refractivity contribution in [2.75, 3.05) is 38.3 Å². The van der Waals surface area contributed by atoms with Crippen LogP contribution in [0.3, 0.4) is 0 Å². The van der Waals surface area contributed by atoms with Gasteiger partial charge < -0.3 is 19.9 Å². The molecule has 5 heteroatoms. The first-order valence-electron chi connectivity index (χ1n) is 5.21. The average molecular weight is 212 g/mol. The highest BCUT2D eigenvalue weighted by molar-refractivity contribution is 5.30. The minimum absolute atomic E-state index is 0.702. The fourth-order valence-electron chi connectivity index (χ4n) is 1.46. The van der Waals surface area contributed by atoms with Crippen molar-refractivity contribution < 1.29 is 4.74 Å². The van der Waals surface area contributed by atoms with E-state index in [-0.39, 0.29) is 0 Å². The van der Waals surface area contributed by atoms with E-state index < -0.39 is 0 Å². The Morgan fingerprint density at radius 2 is 2.33 bits per heavy atom. The lowest BCUT2D eigenvalue weighted by Gasteiger charge is -2.22. The summed E-state index contributed by atoms with van der Waals surface area (Å²) in [6.07, 6.45) is 4.71. The summed E-state index contributed by atoms with van der Waals surface area (Å²) in [4.78, 5) is 6.51. The van der Waals surface area contributed by atoms with E-state index in [1.807, 2.05) is 17.8 Å². The lowest BCUT2D eigenvalue weighted by molar-refractivity contribution is 0.204. The molecule has 0 saturated carbocycles. The Morgan fingerprint density at radius 3 is 2.87 bits per heavy atom. The number of imidazole rings is 1. The van der Waals surface area contributed by atoms with Gasteiger partial charge in [0, 0.05) is 39.6 Å². The van der Waals surface area contributed by atoms with Crippen molar-refractivity contribution in [3.05, 3.63) is 12.4 Å². The molecule has 0 spiro atoms. The van der Waals surface area contributed by atoms with E-state index in [1.54, 1.807) is 13.3 Å². The van der Waals surface area contributed by atoms with Crippen molar-refractivity contribution in [1.29, 1.82) is 0 Å². The number of nitrogens with zero attached hydrogens (tertiary/aromatic N) is 3. The molecule has 2 N–H and O–H groups in total. The second-order valence-corrected chi connectivity index (χ2v) is 3.46. The van der Waals surface area contributed by atoms with Gasteiger partial charge in [-0.25, -0.2) is 4.98 Å². The van der Waals surface area contributed by atoms with E-state index in [1.165, 1.54) is 0 Å². The molecule has 0 aromatic carbocycles. The second kappa shape index (κ2) is 6.42. The largest absolute Gasteiger partial charge is 0.383 e. The SMILES string of the molecule is COCCN(CCCN)c1nccn1C. The molecule has 0 unspecified atom stereocenters. The van der Waals surface area contributed by atoms with Gasteiger partial charge in [0.2, 0.25) is 5.95 Å². The van der Waals surface area contributed by atoms with Crippen LogP contribution in [0, 0.1) is 0 Å². The normalized spacial score (nSPS) is 10.6. The van der Waals surface area contributed by atoms with Crippen molar-refractivity contribution in [2.45, 2.75) is 6.42 Å². The summed E-state index contributed by atoms with van der Waals surface area (Å²) in [5.74, 6) is 0.973. The van der Waals surface area contributed by atoms with Crippen molar-refractivity contribution in [2.24, 2.45) is 12.8 Å². The van der Waals surface area contributed by atoms with Crippen LogP contribution in [-0.4, -0.2) is 42.9 Å². The molecule has 0 radical (unpaired) electrons. The Bertz CT molecular complexity index is 266. The predicted molar refractivity (Wildman–Crippen MR) is 61.0 cm³/mol. The number of rotatable bonds is 7. The minimum Gasteiger partial charge on any atom is -0.383 e. The Kier molecular flexibility index (Phi) is 5.14. The summed E-state index contributed by atoms with van der Waals surface area (Å²) in [5.41, 5.74) is 5.51. The number of nitrogens with two attached hydrogens (primary N) is 1. The fourth-order valence-corrected chi connectivity index (χ4v) is 1.46. The molecule has 5 nitrogen and oxygen atoms in total. The summed E-state index contributed by atoms with van der Waals surface area (Å²) in [7, 11) is 3.70. The molecule has 0 bridgehead atoms. The van der Waals surface area contributed by atoms with E-state index in [0.29, 0.717) is 13.2 Å². The van der Waals surface area contributed by atoms with E-state index in [4.69, 9.17) is 10.5 Å². The zero-order chi connectivity index (χ0) is 11.1. The van der Waals surface area contributed by atoms with E-state index in [9.17, 15) is 0 Å². The van der Waals surface area contributed by atoms with Gasteiger partial charge in [0.25, 0.3) is 0 Å². The van der Waals surface area contributed by atoms with Gasteiger partial charge in [0.15, 0.2) is 0 Å². The van der Waals surface area contributed by atoms with Crippen LogP contribution in [0.5, 0.6) is 0 Å². The average Bonchev–Trinajstić information content (AvgIpc) is 2.65. The molecule has 0 saturated heterocycles. The van der Waals surface area contributed by atoms with Gasteiger partial charge >= 0.3 is 0 Å². The summed E-state index contributed by atoms with van der Waals surface area (Å²) >= 11 is 0. The van der Waals surface area contributed by atoms with Gasteiger partial charge in [-0.3, -0.25) is 0 Å². The molecular formula is C10H20N4O. The van der Waals surface area contributed by atoms with Crippen molar-refractivity contribution in [3.8, 4) is 0 Å². The van der Waals surface area contributed by atoms with Crippen LogP contribution < -0.4 is 10.6 Å². The van der Waals surface area contributed by atoms with Crippen LogP contribution in [0.25, 0.3) is 0 Å². The molecule has 0 fully saturated rings. The summed E-state index contributed by atoms with van der Waals surface area (Å²) in [5, 5.41) is 0. The maximum Gasteiger partial charge on any atom is 0.205 e. The molecule has 86 valence electrons. The van der Waals surface area contributed by atoms with Crippen LogP contribution in [0.4, 0.5) is 5.95 Å². The van der Waals surface area contributed by atoms with Crippen LogP contribution in [0.15, 0.2) is 12.4 Å². The smallest absolute Gasteiger partial charge is 0.205 e. The summed E-state index contributed by atoms with van der Waals surface area (Å²) in [6.45, 7) is 3.18. The quantitative estimate of drug-likeness (QED) is 0.702. The van der Waals surface area contributed by atoms with Crippen LogP contribution >= 0.6 is 0 Å². The molecule has 0 aliphatic heterocycles. The lowest BCUT2D eigenvalue weighted by Crippen LogP contribution is -2.31. The first-order chi connectivity index (χ1) is 7.29. The van der Waals surface area contributed by atoms with Crippen molar-refractivity contribution >= 4 is 5.95 Å². The highest BCUT2D eigenvalue weighted by atomic mass is 16.5. The number of ether oxygens (including phenoxy) is 1. The molecule has 0 aliphatic carbocycles. The van der Waals surface area contributed by atoms with E-state index >= 15 is 0 Å². The van der Waals surface area contributed by atoms with Crippen LogP contribution in [0.1, 0.15) is 6.42 Å². The molecule has 1 rings (SSSR count). The van der Waals surface area contributed by atoms with Gasteiger partial charge in [-0.1, -0.05) is 0 Å². The number of aryl methyl sites for hydroxylation is 1. The van der Waals surface area contributed by atoms with Crippen molar-refractivity contribution in [1.82, 2.24) is 9.55 Å². The van der Waals surface area contributed by atoms with Gasteiger partial charge in [0.1, 0.15) is 0 Å². The lowest BCUT2D eigenvalue weighted by atomic mass is 10.4. The third-order valence-corrected chi connectivity index (χ3v) is 2.28. The number of methoxy groups -OCH3 is 1. The number of aromatic nitrogens is 2. The molecule has 0 amide bonds. The van der Waals surface area contributed by atoms with E-state index in [2.05, 4.69) is 9.88 Å². The molecule has 0 aliphatic rings. The second-order valence-electron chi connectivity index (χ2n) is 3.46. The first kappa shape index (κ1) is 12.0. The minimum atomic E-state index is 0.702. The molecule has 15 heavy (non-hydrogen) atoms. The summed E-state index contributed by atoms with van der Waals surface area (Å²) < 4.78 is 7.09. The van der Waals surface area contributed by atoms with Gasteiger partial charge in [-0.05, 0) is 13.0 Å². The Morgan fingerprint density at radius 1 is 1.53 bits per heavy atom. The molecular weight excluding hydrogens is 192 g/mol. The summed E-state index contributed by atoms with van der Waals surface area (Å²) in [6, 6.07) is 0. The highest BCUT2D eigenvalue weighted by Crippen LogP contribution is 2.09. The molecule has 1 aromatic heterocycles. The van der Waals surface area contributed by atoms with Crippen molar-refractivity contribution in [3.63, 3.8) is 0 Å². The zero-order valence-electron chi connectivity index (χ0n) is 9.52. The monoisotopic (exact) mass is 212 g/mol. The first-order valence-corrected chi connectivity index (χ1v) is 5.21. The maximum atomic E-state index is 5.51. The Balaban J connectivity index is 2.58. The third kappa shape index (κ3) is 3.53. The number of anilines is 1. The molecule has 1 aromatic rings. The standard InChI is InChI=1S/C10H20N4O/c1-13-7-5-12-10(13)14(6-3-4-11)8-9-15-2/h5,7H,3-4,6,8-9,11H2,1-2H3. The topological polar surface area (TPSA) is 56.3 Å². The Labute approximate surface area is 90.8 Å². The number of hydrogen-bond donors (Lipinski definition) is 1. The Hall–Kier alpha value is -1.07. The van der Waals surface area contributed by atoms with Gasteiger partial charge in [0.05, 0.1) is 6.61 Å². The maximum absolute atomic E-state index is 5.51. The third-order valence-electron chi connectivity index (χ3n) is 2.28. The highest BCUT2D eigenvalue weighted by Gasteiger charge is 2.09. The molecule has 1 heterocycles. The van der Waals surface area contributed by atoms with Crippen LogP contribution in [-0.2, 0) is 11.8 Å². The van der Waals surface area contributed by atoms with Gasteiger partial charge in [-0.15, -0.1) is 0 Å². The zero-order valence-corrected chi connectivity index (χ0v) is 9.52.